The van der Waals surface area contributed by atoms with Gasteiger partial charge in [0.05, 0.1) is 5.60 Å². The third-order valence-corrected chi connectivity index (χ3v) is 4.50. The highest BCUT2D eigenvalue weighted by molar-refractivity contribution is 6.31. The van der Waals surface area contributed by atoms with Crippen LogP contribution in [0.1, 0.15) is 25.3 Å². The molecule has 1 aromatic rings. The van der Waals surface area contributed by atoms with Crippen molar-refractivity contribution in [2.75, 3.05) is 33.7 Å². The van der Waals surface area contributed by atoms with Gasteiger partial charge < -0.3 is 20.6 Å². The van der Waals surface area contributed by atoms with E-state index in [2.05, 4.69) is 10.6 Å². The van der Waals surface area contributed by atoms with Gasteiger partial charge in [0.25, 0.3) is 0 Å². The number of nitrogens with one attached hydrogen (secondary N) is 2. The summed E-state index contributed by atoms with van der Waals surface area (Å²) >= 11 is 6.27. The van der Waals surface area contributed by atoms with E-state index in [9.17, 15) is 9.90 Å². The van der Waals surface area contributed by atoms with Crippen LogP contribution in [0, 0.1) is 0 Å². The monoisotopic (exact) mass is 339 g/mol. The van der Waals surface area contributed by atoms with Gasteiger partial charge in [-0.05, 0) is 45.5 Å². The van der Waals surface area contributed by atoms with Gasteiger partial charge in [-0.1, -0.05) is 29.8 Å². The molecular formula is C17H26ClN3O2. The lowest BCUT2D eigenvalue weighted by atomic mass is 9.96. The van der Waals surface area contributed by atoms with Crippen LogP contribution in [0.25, 0.3) is 0 Å². The van der Waals surface area contributed by atoms with E-state index in [1.54, 1.807) is 6.92 Å². The fourth-order valence-corrected chi connectivity index (χ4v) is 3.24. The number of carbonyl (C=O) groups is 1. The van der Waals surface area contributed by atoms with Crippen molar-refractivity contribution in [1.82, 2.24) is 15.5 Å². The molecule has 0 heterocycles. The van der Waals surface area contributed by atoms with Crippen LogP contribution < -0.4 is 10.6 Å². The number of hydrogen-bond donors (Lipinski definition) is 3. The van der Waals surface area contributed by atoms with Crippen molar-refractivity contribution in [2.45, 2.75) is 30.8 Å². The van der Waals surface area contributed by atoms with Gasteiger partial charge in [0.15, 0.2) is 0 Å². The Hall–Kier alpha value is -1.30. The number of halogens is 1. The highest BCUT2D eigenvalue weighted by Gasteiger charge is 2.45. The van der Waals surface area contributed by atoms with Crippen LogP contribution in [0.2, 0.25) is 5.02 Å². The molecule has 2 rings (SSSR count). The summed E-state index contributed by atoms with van der Waals surface area (Å²) in [6.45, 7) is 2.95. The summed E-state index contributed by atoms with van der Waals surface area (Å²) in [7, 11) is 3.77. The van der Waals surface area contributed by atoms with E-state index in [0.29, 0.717) is 13.1 Å². The van der Waals surface area contributed by atoms with Crippen molar-refractivity contribution in [3.05, 3.63) is 34.9 Å². The van der Waals surface area contributed by atoms with Crippen molar-refractivity contribution in [3.8, 4) is 0 Å². The summed E-state index contributed by atoms with van der Waals surface area (Å²) in [6.07, 6.45) is 2.05. The van der Waals surface area contributed by atoms with Crippen LogP contribution >= 0.6 is 11.6 Å². The molecule has 1 unspecified atom stereocenters. The number of nitrogens with zero attached hydrogens (tertiary/aromatic N) is 1. The van der Waals surface area contributed by atoms with Crippen molar-refractivity contribution < 1.29 is 9.90 Å². The van der Waals surface area contributed by atoms with Gasteiger partial charge in [-0.25, -0.2) is 4.79 Å². The first-order valence-electron chi connectivity index (χ1n) is 7.88. The highest BCUT2D eigenvalue weighted by atomic mass is 35.5. The highest BCUT2D eigenvalue weighted by Crippen LogP contribution is 2.49. The van der Waals surface area contributed by atoms with Crippen LogP contribution in [0.5, 0.6) is 0 Å². The fraction of sp³-hybridized carbons (Fsp3) is 0.588. The summed E-state index contributed by atoms with van der Waals surface area (Å²) in [4.78, 5) is 13.9. The molecule has 1 aromatic carbocycles. The molecule has 1 aliphatic carbocycles. The first-order chi connectivity index (χ1) is 10.7. The lowest BCUT2D eigenvalue weighted by Crippen LogP contribution is -2.50. The summed E-state index contributed by atoms with van der Waals surface area (Å²) in [6, 6.07) is 7.53. The zero-order chi connectivity index (χ0) is 17.1. The average molecular weight is 340 g/mol. The topological polar surface area (TPSA) is 64.6 Å². The number of urea groups is 1. The van der Waals surface area contributed by atoms with Gasteiger partial charge in [-0.2, -0.15) is 0 Å². The molecule has 2 amide bonds. The third-order valence-electron chi connectivity index (χ3n) is 4.17. The number of hydrogen-bond acceptors (Lipinski definition) is 3. The van der Waals surface area contributed by atoms with E-state index >= 15 is 0 Å². The number of likely N-dealkylation sites (N-methyl/N-ethyl adjacent to an activating group) is 1. The number of benzene rings is 1. The molecule has 5 nitrogen and oxygen atoms in total. The summed E-state index contributed by atoms with van der Waals surface area (Å²) in [5.74, 6) is 0. The minimum absolute atomic E-state index is 0.0398. The van der Waals surface area contributed by atoms with Crippen molar-refractivity contribution in [1.29, 1.82) is 0 Å². The average Bonchev–Trinajstić information content (AvgIpc) is 3.23. The summed E-state index contributed by atoms with van der Waals surface area (Å²) in [5, 5.41) is 16.6. The van der Waals surface area contributed by atoms with E-state index in [-0.39, 0.29) is 18.0 Å². The second-order valence-corrected chi connectivity index (χ2v) is 7.44. The van der Waals surface area contributed by atoms with E-state index in [1.807, 2.05) is 43.3 Å². The Labute approximate surface area is 143 Å². The van der Waals surface area contributed by atoms with Crippen LogP contribution in [0.3, 0.4) is 0 Å². The second kappa shape index (κ2) is 7.07. The predicted octanol–water partition coefficient (Wildman–Crippen LogP) is 1.98. The molecule has 23 heavy (non-hydrogen) atoms. The smallest absolute Gasteiger partial charge is 0.314 e. The Morgan fingerprint density at radius 2 is 2.00 bits per heavy atom. The van der Waals surface area contributed by atoms with Gasteiger partial charge in [0.1, 0.15) is 0 Å². The Bertz CT molecular complexity index is 557. The largest absolute Gasteiger partial charge is 0.387 e. The number of amides is 2. The standard InChI is InChI=1S/C17H26ClN3O2/c1-16(23,12-21(2)3)10-19-15(22)20-11-17(8-9-17)13-6-4-5-7-14(13)18/h4-7,23H,8-12H2,1-3H3,(H2,19,20,22). The second-order valence-electron chi connectivity index (χ2n) is 7.03. The zero-order valence-corrected chi connectivity index (χ0v) is 14.8. The van der Waals surface area contributed by atoms with Gasteiger partial charge in [0.2, 0.25) is 0 Å². The molecule has 0 saturated heterocycles. The Morgan fingerprint density at radius 1 is 1.35 bits per heavy atom. The minimum Gasteiger partial charge on any atom is -0.387 e. The molecule has 0 aromatic heterocycles. The first-order valence-corrected chi connectivity index (χ1v) is 8.26. The maximum absolute atomic E-state index is 12.0. The molecule has 1 aliphatic rings. The summed E-state index contributed by atoms with van der Waals surface area (Å²) in [5.41, 5.74) is 0.101. The Balaban J connectivity index is 1.82. The molecule has 0 radical (unpaired) electrons. The van der Waals surface area contributed by atoms with Crippen LogP contribution in [-0.2, 0) is 5.41 Å². The molecule has 6 heteroatoms. The summed E-state index contributed by atoms with van der Waals surface area (Å²) < 4.78 is 0. The van der Waals surface area contributed by atoms with Gasteiger partial charge >= 0.3 is 6.03 Å². The van der Waals surface area contributed by atoms with Crippen molar-refractivity contribution >= 4 is 17.6 Å². The number of rotatable bonds is 7. The lowest BCUT2D eigenvalue weighted by molar-refractivity contribution is 0.0360. The minimum atomic E-state index is -0.957. The Kier molecular flexibility index (Phi) is 5.55. The molecule has 1 saturated carbocycles. The molecule has 1 fully saturated rings. The van der Waals surface area contributed by atoms with Crippen molar-refractivity contribution in [2.24, 2.45) is 0 Å². The third kappa shape index (κ3) is 5.09. The zero-order valence-electron chi connectivity index (χ0n) is 14.0. The molecule has 128 valence electrons. The fourth-order valence-electron chi connectivity index (χ4n) is 2.90. The SMILES string of the molecule is CN(C)CC(C)(O)CNC(=O)NCC1(c2ccccc2Cl)CC1. The molecular weight excluding hydrogens is 314 g/mol. The maximum atomic E-state index is 12.0. The van der Waals surface area contributed by atoms with E-state index < -0.39 is 5.60 Å². The lowest BCUT2D eigenvalue weighted by Gasteiger charge is -2.27. The Morgan fingerprint density at radius 3 is 2.57 bits per heavy atom. The molecule has 0 aliphatic heterocycles. The first kappa shape index (κ1) is 18.0. The normalized spacial score (nSPS) is 18.3. The molecule has 1 atom stereocenters. The van der Waals surface area contributed by atoms with Crippen LogP contribution in [0.15, 0.2) is 24.3 Å². The van der Waals surface area contributed by atoms with Gasteiger partial charge in [0, 0.05) is 30.1 Å². The number of carbonyl (C=O) groups excluding carboxylic acids is 1. The van der Waals surface area contributed by atoms with Gasteiger partial charge in [-0.15, -0.1) is 0 Å². The van der Waals surface area contributed by atoms with E-state index in [1.165, 1.54) is 0 Å². The molecule has 3 N–H and O–H groups in total. The van der Waals surface area contributed by atoms with Gasteiger partial charge in [-0.3, -0.25) is 0 Å². The van der Waals surface area contributed by atoms with E-state index in [0.717, 1.165) is 23.4 Å². The van der Waals surface area contributed by atoms with Crippen LogP contribution in [0.4, 0.5) is 4.79 Å². The predicted molar refractivity (Wildman–Crippen MR) is 92.9 cm³/mol. The number of aliphatic hydroxyl groups is 1. The maximum Gasteiger partial charge on any atom is 0.314 e. The molecule has 0 spiro atoms. The van der Waals surface area contributed by atoms with Crippen LogP contribution in [-0.4, -0.2) is 55.4 Å². The molecule has 0 bridgehead atoms. The van der Waals surface area contributed by atoms with Crippen molar-refractivity contribution in [3.63, 3.8) is 0 Å². The quantitative estimate of drug-likeness (QED) is 0.711. The van der Waals surface area contributed by atoms with E-state index in [4.69, 9.17) is 11.6 Å².